The Morgan fingerprint density at radius 1 is 1.37 bits per heavy atom. The molecule has 0 bridgehead atoms. The molecule has 106 valence electrons. The van der Waals surface area contributed by atoms with Gasteiger partial charge in [-0.1, -0.05) is 18.2 Å². The van der Waals surface area contributed by atoms with E-state index in [1.165, 1.54) is 6.07 Å². The Hall–Kier alpha value is -1.56. The molecule has 1 rings (SSSR count). The monoisotopic (exact) mass is 275 g/mol. The fourth-order valence-electron chi connectivity index (χ4n) is 1.47. The first-order valence-electron chi connectivity index (χ1n) is 5.85. The third-order valence-electron chi connectivity index (χ3n) is 2.22. The van der Waals surface area contributed by atoms with Crippen molar-refractivity contribution < 1.29 is 22.7 Å². The van der Waals surface area contributed by atoms with E-state index in [0.717, 1.165) is 12.1 Å². The first kappa shape index (κ1) is 15.5. The van der Waals surface area contributed by atoms with Crippen molar-refractivity contribution in [2.24, 2.45) is 0 Å². The summed E-state index contributed by atoms with van der Waals surface area (Å²) in [6, 6.07) is 4.97. The molecule has 0 atom stereocenters. The highest BCUT2D eigenvalue weighted by Crippen LogP contribution is 2.29. The van der Waals surface area contributed by atoms with Gasteiger partial charge in [0.2, 0.25) is 0 Å². The van der Waals surface area contributed by atoms with Crippen LogP contribution in [-0.4, -0.2) is 18.6 Å². The van der Waals surface area contributed by atoms with Gasteiger partial charge in [0.25, 0.3) is 0 Å². The van der Waals surface area contributed by atoms with E-state index in [1.54, 1.807) is 19.9 Å². The SMILES string of the molecule is CC(C)OC(=O)CNCc1cccc(C(F)(F)F)c1. The molecule has 0 heterocycles. The summed E-state index contributed by atoms with van der Waals surface area (Å²) in [4.78, 5) is 11.2. The average molecular weight is 275 g/mol. The summed E-state index contributed by atoms with van der Waals surface area (Å²) in [5.74, 6) is -0.429. The number of ether oxygens (including phenoxy) is 1. The van der Waals surface area contributed by atoms with E-state index in [9.17, 15) is 18.0 Å². The third-order valence-corrected chi connectivity index (χ3v) is 2.22. The molecular weight excluding hydrogens is 259 g/mol. The summed E-state index contributed by atoms with van der Waals surface area (Å²) < 4.78 is 42.3. The van der Waals surface area contributed by atoms with E-state index in [0.29, 0.717) is 5.56 Å². The van der Waals surface area contributed by atoms with Gasteiger partial charge in [-0.05, 0) is 25.5 Å². The number of benzene rings is 1. The maximum Gasteiger partial charge on any atom is 0.416 e. The molecule has 19 heavy (non-hydrogen) atoms. The Kier molecular flexibility index (Phi) is 5.35. The number of hydrogen-bond donors (Lipinski definition) is 1. The number of carbonyl (C=O) groups is 1. The molecule has 0 aromatic heterocycles. The van der Waals surface area contributed by atoms with E-state index in [4.69, 9.17) is 4.74 Å². The zero-order valence-corrected chi connectivity index (χ0v) is 10.8. The third kappa shape index (κ3) is 5.74. The topological polar surface area (TPSA) is 38.3 Å². The number of rotatable bonds is 5. The van der Waals surface area contributed by atoms with E-state index < -0.39 is 17.7 Å². The van der Waals surface area contributed by atoms with Crippen LogP contribution in [0.25, 0.3) is 0 Å². The number of halogens is 3. The van der Waals surface area contributed by atoms with Gasteiger partial charge in [0.15, 0.2) is 0 Å². The average Bonchev–Trinajstić information content (AvgIpc) is 2.27. The zero-order valence-electron chi connectivity index (χ0n) is 10.8. The molecule has 0 unspecified atom stereocenters. The molecule has 0 aliphatic rings. The molecule has 0 radical (unpaired) electrons. The molecule has 0 amide bonds. The van der Waals surface area contributed by atoms with Crippen molar-refractivity contribution >= 4 is 5.97 Å². The second kappa shape index (κ2) is 6.56. The Morgan fingerprint density at radius 3 is 2.63 bits per heavy atom. The molecule has 1 aromatic rings. The minimum Gasteiger partial charge on any atom is -0.462 e. The number of alkyl halides is 3. The Morgan fingerprint density at radius 2 is 2.05 bits per heavy atom. The summed E-state index contributed by atoms with van der Waals surface area (Å²) in [5, 5.41) is 2.74. The van der Waals surface area contributed by atoms with Crippen molar-refractivity contribution in [2.45, 2.75) is 32.7 Å². The molecule has 3 nitrogen and oxygen atoms in total. The highest BCUT2D eigenvalue weighted by molar-refractivity contribution is 5.71. The van der Waals surface area contributed by atoms with Gasteiger partial charge in [0.05, 0.1) is 18.2 Å². The summed E-state index contributed by atoms with van der Waals surface area (Å²) in [5.41, 5.74) is -0.233. The van der Waals surface area contributed by atoms with Crippen LogP contribution in [0.4, 0.5) is 13.2 Å². The Bertz CT molecular complexity index is 430. The normalized spacial score (nSPS) is 11.7. The van der Waals surface area contributed by atoms with E-state index in [1.807, 2.05) is 0 Å². The van der Waals surface area contributed by atoms with E-state index >= 15 is 0 Å². The van der Waals surface area contributed by atoms with Crippen LogP contribution in [0.3, 0.4) is 0 Å². The second-order valence-corrected chi connectivity index (χ2v) is 4.34. The Balaban J connectivity index is 2.48. The molecule has 0 saturated carbocycles. The zero-order chi connectivity index (χ0) is 14.5. The number of hydrogen-bond acceptors (Lipinski definition) is 3. The predicted molar refractivity (Wildman–Crippen MR) is 64.4 cm³/mol. The van der Waals surface area contributed by atoms with E-state index in [-0.39, 0.29) is 19.2 Å². The van der Waals surface area contributed by atoms with Crippen molar-refractivity contribution in [2.75, 3.05) is 6.54 Å². The summed E-state index contributed by atoms with van der Waals surface area (Å²) in [6.45, 7) is 3.60. The maximum atomic E-state index is 12.5. The molecule has 1 N–H and O–H groups in total. The minimum atomic E-state index is -4.35. The van der Waals surface area contributed by atoms with Crippen LogP contribution in [0.15, 0.2) is 24.3 Å². The molecule has 6 heteroatoms. The summed E-state index contributed by atoms with van der Waals surface area (Å²) in [7, 11) is 0. The van der Waals surface area contributed by atoms with Gasteiger partial charge in [-0.3, -0.25) is 4.79 Å². The fraction of sp³-hybridized carbons (Fsp3) is 0.462. The van der Waals surface area contributed by atoms with Crippen LogP contribution in [0.5, 0.6) is 0 Å². The smallest absolute Gasteiger partial charge is 0.416 e. The molecule has 1 aromatic carbocycles. The molecular formula is C13H16F3NO2. The summed E-state index contributed by atoms with van der Waals surface area (Å²) in [6.07, 6.45) is -4.56. The van der Waals surface area contributed by atoms with Crippen LogP contribution in [0.1, 0.15) is 25.0 Å². The van der Waals surface area contributed by atoms with Crippen LogP contribution in [0.2, 0.25) is 0 Å². The minimum absolute atomic E-state index is 0.0333. The van der Waals surface area contributed by atoms with Crippen LogP contribution in [-0.2, 0) is 22.3 Å². The highest BCUT2D eigenvalue weighted by atomic mass is 19.4. The quantitative estimate of drug-likeness (QED) is 0.840. The largest absolute Gasteiger partial charge is 0.462 e. The lowest BCUT2D eigenvalue weighted by molar-refractivity contribution is -0.146. The van der Waals surface area contributed by atoms with Crippen molar-refractivity contribution in [3.05, 3.63) is 35.4 Å². The lowest BCUT2D eigenvalue weighted by Gasteiger charge is -2.10. The van der Waals surface area contributed by atoms with Gasteiger partial charge in [-0.25, -0.2) is 0 Å². The van der Waals surface area contributed by atoms with Gasteiger partial charge in [0, 0.05) is 6.54 Å². The van der Waals surface area contributed by atoms with Crippen LogP contribution in [0, 0.1) is 0 Å². The highest BCUT2D eigenvalue weighted by Gasteiger charge is 2.30. The second-order valence-electron chi connectivity index (χ2n) is 4.34. The van der Waals surface area contributed by atoms with Gasteiger partial charge in [-0.15, -0.1) is 0 Å². The molecule has 0 aliphatic heterocycles. The van der Waals surface area contributed by atoms with E-state index in [2.05, 4.69) is 5.32 Å². The first-order chi connectivity index (χ1) is 8.79. The first-order valence-corrected chi connectivity index (χ1v) is 5.85. The fourth-order valence-corrected chi connectivity index (χ4v) is 1.47. The predicted octanol–water partition coefficient (Wildman–Crippen LogP) is 2.75. The Labute approximate surface area is 109 Å². The van der Waals surface area contributed by atoms with Crippen molar-refractivity contribution in [3.8, 4) is 0 Å². The lowest BCUT2D eigenvalue weighted by atomic mass is 10.1. The maximum absolute atomic E-state index is 12.5. The lowest BCUT2D eigenvalue weighted by Crippen LogP contribution is -2.26. The van der Waals surface area contributed by atoms with Gasteiger partial charge in [0.1, 0.15) is 0 Å². The molecule has 0 saturated heterocycles. The standard InChI is InChI=1S/C13H16F3NO2/c1-9(2)19-12(18)8-17-7-10-4-3-5-11(6-10)13(14,15)16/h3-6,9,17H,7-8H2,1-2H3. The number of esters is 1. The molecule has 0 fully saturated rings. The van der Waals surface area contributed by atoms with Crippen molar-refractivity contribution in [3.63, 3.8) is 0 Å². The van der Waals surface area contributed by atoms with Gasteiger partial charge >= 0.3 is 12.1 Å². The van der Waals surface area contributed by atoms with Crippen molar-refractivity contribution in [1.29, 1.82) is 0 Å². The summed E-state index contributed by atoms with van der Waals surface area (Å²) >= 11 is 0. The number of carbonyl (C=O) groups excluding carboxylic acids is 1. The van der Waals surface area contributed by atoms with Gasteiger partial charge in [-0.2, -0.15) is 13.2 Å². The molecule has 0 aliphatic carbocycles. The van der Waals surface area contributed by atoms with Crippen LogP contribution >= 0.6 is 0 Å². The molecule has 0 spiro atoms. The van der Waals surface area contributed by atoms with Crippen LogP contribution < -0.4 is 5.32 Å². The van der Waals surface area contributed by atoms with Gasteiger partial charge < -0.3 is 10.1 Å². The van der Waals surface area contributed by atoms with Crippen molar-refractivity contribution in [1.82, 2.24) is 5.32 Å². The number of nitrogens with one attached hydrogen (secondary N) is 1.